The summed E-state index contributed by atoms with van der Waals surface area (Å²) in [6, 6.07) is 14.8. The highest BCUT2D eigenvalue weighted by Crippen LogP contribution is 2.24. The average molecular weight is 520 g/mol. The predicted molar refractivity (Wildman–Crippen MR) is 148 cm³/mol. The topological polar surface area (TPSA) is 119 Å². The smallest absolute Gasteiger partial charge is 0.230 e. The van der Waals surface area contributed by atoms with Gasteiger partial charge in [-0.05, 0) is 48.9 Å². The van der Waals surface area contributed by atoms with E-state index in [2.05, 4.69) is 54.8 Å². The van der Waals surface area contributed by atoms with Crippen LogP contribution >= 0.6 is 11.6 Å². The summed E-state index contributed by atoms with van der Waals surface area (Å²) in [4.78, 5) is 23.4. The molecule has 2 aromatic heterocycles. The van der Waals surface area contributed by atoms with E-state index in [9.17, 15) is 4.79 Å². The van der Waals surface area contributed by atoms with Crippen LogP contribution in [0.25, 0.3) is 17.0 Å². The number of carbonyl (C=O) groups excluding carboxylic acids is 1. The quantitative estimate of drug-likeness (QED) is 0.215. The zero-order valence-electron chi connectivity index (χ0n) is 20.6. The fraction of sp³-hybridized carbons (Fsp3) is 0.259. The maximum absolute atomic E-state index is 12.4. The maximum Gasteiger partial charge on any atom is 0.230 e. The fourth-order valence-corrected chi connectivity index (χ4v) is 4.10. The molecule has 0 saturated heterocycles. The van der Waals surface area contributed by atoms with Gasteiger partial charge in [0.05, 0.1) is 18.5 Å². The van der Waals surface area contributed by atoms with Crippen molar-refractivity contribution in [3.8, 4) is 0 Å². The first-order valence-corrected chi connectivity index (χ1v) is 12.5. The second-order valence-corrected chi connectivity index (χ2v) is 8.92. The Morgan fingerprint density at radius 3 is 2.86 bits per heavy atom. The number of likely N-dealkylation sites (N-methyl/N-ethyl adjacent to an activating group) is 1. The number of hydrogen-bond donors (Lipinski definition) is 4. The highest BCUT2D eigenvalue weighted by atomic mass is 35.5. The molecule has 0 aliphatic rings. The van der Waals surface area contributed by atoms with Crippen molar-refractivity contribution in [2.24, 2.45) is 0 Å². The van der Waals surface area contributed by atoms with Gasteiger partial charge >= 0.3 is 0 Å². The summed E-state index contributed by atoms with van der Waals surface area (Å²) in [6.07, 6.45) is 6.77. The van der Waals surface area contributed by atoms with Crippen LogP contribution in [0, 0.1) is 0 Å². The number of fused-ring (bicyclic) bond motifs is 1. The summed E-state index contributed by atoms with van der Waals surface area (Å²) in [7, 11) is 0. The number of H-pyrrole nitrogens is 1. The maximum atomic E-state index is 12.4. The Morgan fingerprint density at radius 2 is 2.05 bits per heavy atom. The molecule has 0 aliphatic carbocycles. The number of hydrogen-bond acceptors (Lipinski definition) is 7. The van der Waals surface area contributed by atoms with E-state index in [0.29, 0.717) is 34.6 Å². The summed E-state index contributed by atoms with van der Waals surface area (Å²) in [6.45, 7) is 4.80. The van der Waals surface area contributed by atoms with Crippen LogP contribution in [0.1, 0.15) is 24.6 Å². The van der Waals surface area contributed by atoms with Crippen molar-refractivity contribution < 1.29 is 9.90 Å². The predicted octanol–water partition coefficient (Wildman–Crippen LogP) is 4.65. The molecule has 4 aromatic rings. The number of halogens is 1. The second kappa shape index (κ2) is 13.0. The van der Waals surface area contributed by atoms with Crippen LogP contribution in [0.15, 0.2) is 60.9 Å². The summed E-state index contributed by atoms with van der Waals surface area (Å²) >= 11 is 5.97. The Labute approximate surface area is 220 Å². The molecular formula is C27H30ClN7O2. The standard InChI is InChI=1S/C27H30ClN7O2/c1-2-35(12-13-36)11-4-3-6-19-9-10-23-24(14-19)29-18-30-27(23)32-25-16-22(33-34-25)17-26(37)31-21-8-5-7-20(28)15-21/h3,5-10,14-16,18,36H,2,4,11-13,17H2,1H3,(H,31,37)(H2,29,30,32,33,34)/b6-3+. The summed E-state index contributed by atoms with van der Waals surface area (Å²) < 4.78 is 0. The minimum absolute atomic E-state index is 0.136. The Balaban J connectivity index is 1.37. The first-order chi connectivity index (χ1) is 18.0. The first kappa shape index (κ1) is 26.3. The molecule has 2 aromatic carbocycles. The minimum Gasteiger partial charge on any atom is -0.395 e. The molecule has 192 valence electrons. The third kappa shape index (κ3) is 7.60. The summed E-state index contributed by atoms with van der Waals surface area (Å²) in [5.41, 5.74) is 3.16. The molecular weight excluding hydrogens is 490 g/mol. The fourth-order valence-electron chi connectivity index (χ4n) is 3.91. The number of nitrogens with one attached hydrogen (secondary N) is 3. The average Bonchev–Trinajstić information content (AvgIpc) is 3.32. The lowest BCUT2D eigenvalue weighted by atomic mass is 10.1. The Morgan fingerprint density at radius 1 is 1.16 bits per heavy atom. The number of carbonyl (C=O) groups is 1. The number of benzene rings is 2. The van der Waals surface area contributed by atoms with Gasteiger partial charge in [0.2, 0.25) is 5.91 Å². The SMILES string of the molecule is CCN(CCO)CC/C=C/c1ccc2c(Nc3cc(CC(=O)Nc4cccc(Cl)c4)[nH]n3)ncnc2c1. The van der Waals surface area contributed by atoms with Crippen molar-refractivity contribution in [2.75, 3.05) is 36.9 Å². The molecule has 9 nitrogen and oxygen atoms in total. The summed E-state index contributed by atoms with van der Waals surface area (Å²) in [5.74, 6) is 1.00. The van der Waals surface area contributed by atoms with Gasteiger partial charge in [-0.3, -0.25) is 9.89 Å². The second-order valence-electron chi connectivity index (χ2n) is 8.49. The zero-order valence-corrected chi connectivity index (χ0v) is 21.4. The van der Waals surface area contributed by atoms with Crippen LogP contribution in [0.2, 0.25) is 5.02 Å². The van der Waals surface area contributed by atoms with E-state index >= 15 is 0 Å². The van der Waals surface area contributed by atoms with Gasteiger partial charge in [0, 0.05) is 40.9 Å². The zero-order chi connectivity index (χ0) is 26.0. The number of amides is 1. The molecule has 0 bridgehead atoms. The first-order valence-electron chi connectivity index (χ1n) is 12.2. The van der Waals surface area contributed by atoms with Gasteiger partial charge in [-0.2, -0.15) is 5.10 Å². The van der Waals surface area contributed by atoms with Crippen LogP contribution in [-0.2, 0) is 11.2 Å². The van der Waals surface area contributed by atoms with E-state index in [0.717, 1.165) is 36.0 Å². The molecule has 10 heteroatoms. The molecule has 0 unspecified atom stereocenters. The molecule has 0 saturated carbocycles. The van der Waals surface area contributed by atoms with E-state index in [1.54, 1.807) is 30.3 Å². The molecule has 1 amide bonds. The molecule has 0 spiro atoms. The number of anilines is 3. The van der Waals surface area contributed by atoms with E-state index in [1.165, 1.54) is 6.33 Å². The van der Waals surface area contributed by atoms with Gasteiger partial charge in [0.25, 0.3) is 0 Å². The van der Waals surface area contributed by atoms with Gasteiger partial charge in [-0.15, -0.1) is 0 Å². The lowest BCUT2D eigenvalue weighted by molar-refractivity contribution is -0.115. The Kier molecular flexibility index (Phi) is 9.20. The van der Waals surface area contributed by atoms with Crippen LogP contribution in [0.5, 0.6) is 0 Å². The van der Waals surface area contributed by atoms with E-state index in [4.69, 9.17) is 16.7 Å². The van der Waals surface area contributed by atoms with Gasteiger partial charge in [-0.1, -0.05) is 42.8 Å². The third-order valence-electron chi connectivity index (χ3n) is 5.78. The van der Waals surface area contributed by atoms with Crippen LogP contribution in [-0.4, -0.2) is 62.3 Å². The third-order valence-corrected chi connectivity index (χ3v) is 6.02. The van der Waals surface area contributed by atoms with Crippen molar-refractivity contribution in [1.29, 1.82) is 0 Å². The molecule has 2 heterocycles. The number of aromatic amines is 1. The Hall–Kier alpha value is -3.79. The summed E-state index contributed by atoms with van der Waals surface area (Å²) in [5, 5.41) is 23.7. The van der Waals surface area contributed by atoms with Crippen LogP contribution < -0.4 is 10.6 Å². The number of aromatic nitrogens is 4. The molecule has 4 N–H and O–H groups in total. The molecule has 37 heavy (non-hydrogen) atoms. The van der Waals surface area contributed by atoms with E-state index < -0.39 is 0 Å². The van der Waals surface area contributed by atoms with Crippen molar-refractivity contribution in [3.63, 3.8) is 0 Å². The van der Waals surface area contributed by atoms with Crippen molar-refractivity contribution >= 4 is 51.8 Å². The molecule has 4 rings (SSSR count). The lowest BCUT2D eigenvalue weighted by Gasteiger charge is -2.17. The minimum atomic E-state index is -0.179. The number of nitrogens with zero attached hydrogens (tertiary/aromatic N) is 4. The van der Waals surface area contributed by atoms with Crippen molar-refractivity contribution in [1.82, 2.24) is 25.1 Å². The molecule has 0 aliphatic heterocycles. The largest absolute Gasteiger partial charge is 0.395 e. The van der Waals surface area contributed by atoms with Crippen molar-refractivity contribution in [2.45, 2.75) is 19.8 Å². The molecule has 0 atom stereocenters. The van der Waals surface area contributed by atoms with Gasteiger partial charge in [0.1, 0.15) is 12.1 Å². The van der Waals surface area contributed by atoms with E-state index in [-0.39, 0.29) is 18.9 Å². The Bertz CT molecular complexity index is 1370. The monoisotopic (exact) mass is 519 g/mol. The van der Waals surface area contributed by atoms with Gasteiger partial charge in [-0.25, -0.2) is 9.97 Å². The van der Waals surface area contributed by atoms with Crippen molar-refractivity contribution in [3.05, 3.63) is 77.2 Å². The highest BCUT2D eigenvalue weighted by molar-refractivity contribution is 6.30. The highest BCUT2D eigenvalue weighted by Gasteiger charge is 2.10. The van der Waals surface area contributed by atoms with Crippen LogP contribution in [0.4, 0.5) is 17.3 Å². The molecule has 0 fully saturated rings. The van der Waals surface area contributed by atoms with E-state index in [1.807, 2.05) is 18.2 Å². The number of aliphatic hydroxyl groups excluding tert-OH is 1. The van der Waals surface area contributed by atoms with Gasteiger partial charge < -0.3 is 20.6 Å². The molecule has 0 radical (unpaired) electrons. The lowest BCUT2D eigenvalue weighted by Crippen LogP contribution is -2.27. The van der Waals surface area contributed by atoms with Gasteiger partial charge in [0.15, 0.2) is 5.82 Å². The number of aliphatic hydroxyl groups is 1. The van der Waals surface area contributed by atoms with Crippen LogP contribution in [0.3, 0.4) is 0 Å². The normalized spacial score (nSPS) is 11.5. The number of rotatable bonds is 12.